The van der Waals surface area contributed by atoms with Crippen molar-refractivity contribution in [1.29, 1.82) is 0 Å². The molecule has 0 bridgehead atoms. The van der Waals surface area contributed by atoms with E-state index in [0.717, 1.165) is 32.2 Å². The van der Waals surface area contributed by atoms with Crippen molar-refractivity contribution in [2.45, 2.75) is 46.0 Å². The van der Waals surface area contributed by atoms with Gasteiger partial charge in [0.2, 0.25) is 11.8 Å². The van der Waals surface area contributed by atoms with Gasteiger partial charge in [-0.3, -0.25) is 9.59 Å². The number of nitrogens with two attached hydrogens (primary N) is 1. The zero-order chi connectivity index (χ0) is 15.0. The Balaban J connectivity index is 2.47. The van der Waals surface area contributed by atoms with Gasteiger partial charge in [0.15, 0.2) is 0 Å². The van der Waals surface area contributed by atoms with E-state index in [2.05, 4.69) is 19.2 Å². The van der Waals surface area contributed by atoms with Crippen LogP contribution < -0.4 is 11.1 Å². The molecule has 1 aliphatic rings. The highest BCUT2D eigenvalue weighted by Crippen LogP contribution is 2.20. The first-order valence-corrected chi connectivity index (χ1v) is 7.87. The van der Waals surface area contributed by atoms with Crippen molar-refractivity contribution in [3.8, 4) is 0 Å². The molecular formula is C15H29N3O2. The zero-order valence-electron chi connectivity index (χ0n) is 12.9. The molecule has 1 heterocycles. The topological polar surface area (TPSA) is 75.4 Å². The lowest BCUT2D eigenvalue weighted by molar-refractivity contribution is -0.136. The number of nitrogens with one attached hydrogen (secondary N) is 1. The van der Waals surface area contributed by atoms with E-state index in [1.807, 2.05) is 4.90 Å². The monoisotopic (exact) mass is 283 g/mol. The Kier molecular flexibility index (Phi) is 7.59. The fourth-order valence-corrected chi connectivity index (χ4v) is 2.71. The Morgan fingerprint density at radius 2 is 2.05 bits per heavy atom. The molecule has 1 aliphatic heterocycles. The van der Waals surface area contributed by atoms with Crippen molar-refractivity contribution in [3.63, 3.8) is 0 Å². The van der Waals surface area contributed by atoms with E-state index in [0.29, 0.717) is 32.0 Å². The van der Waals surface area contributed by atoms with Gasteiger partial charge in [-0.1, -0.05) is 26.7 Å². The summed E-state index contributed by atoms with van der Waals surface area (Å²) in [6.45, 7) is 6.57. The van der Waals surface area contributed by atoms with E-state index < -0.39 is 0 Å². The number of piperidine rings is 1. The lowest BCUT2D eigenvalue weighted by Gasteiger charge is -2.33. The number of likely N-dealkylation sites (tertiary alicyclic amines) is 1. The maximum atomic E-state index is 12.3. The number of carbonyl (C=O) groups is 2. The summed E-state index contributed by atoms with van der Waals surface area (Å²) in [5.74, 6) is 0.639. The maximum Gasteiger partial charge on any atom is 0.224 e. The summed E-state index contributed by atoms with van der Waals surface area (Å²) in [7, 11) is 0. The SMILES string of the molecule is CCC(CC)CC(=O)N1CCCC(C(=O)NCCN)C1. The predicted molar refractivity (Wildman–Crippen MR) is 80.1 cm³/mol. The first-order chi connectivity index (χ1) is 9.62. The Hall–Kier alpha value is -1.10. The fourth-order valence-electron chi connectivity index (χ4n) is 2.71. The van der Waals surface area contributed by atoms with Crippen LogP contribution in [0.3, 0.4) is 0 Å². The maximum absolute atomic E-state index is 12.3. The molecule has 1 saturated heterocycles. The number of nitrogens with zero attached hydrogens (tertiary/aromatic N) is 1. The molecule has 1 fully saturated rings. The average Bonchev–Trinajstić information content (AvgIpc) is 2.50. The quantitative estimate of drug-likeness (QED) is 0.735. The molecule has 116 valence electrons. The first kappa shape index (κ1) is 17.0. The van der Waals surface area contributed by atoms with Crippen LogP contribution in [0.25, 0.3) is 0 Å². The van der Waals surface area contributed by atoms with Crippen LogP contribution in [0.5, 0.6) is 0 Å². The van der Waals surface area contributed by atoms with E-state index in [-0.39, 0.29) is 17.7 Å². The highest BCUT2D eigenvalue weighted by atomic mass is 16.2. The zero-order valence-corrected chi connectivity index (χ0v) is 12.9. The summed E-state index contributed by atoms with van der Waals surface area (Å²) >= 11 is 0. The van der Waals surface area contributed by atoms with Crippen LogP contribution in [0.4, 0.5) is 0 Å². The van der Waals surface area contributed by atoms with Crippen LogP contribution in [0.2, 0.25) is 0 Å². The van der Waals surface area contributed by atoms with Crippen LogP contribution in [-0.2, 0) is 9.59 Å². The average molecular weight is 283 g/mol. The molecule has 0 spiro atoms. The Morgan fingerprint density at radius 3 is 2.65 bits per heavy atom. The molecular weight excluding hydrogens is 254 g/mol. The highest BCUT2D eigenvalue weighted by molar-refractivity contribution is 5.81. The van der Waals surface area contributed by atoms with Crippen molar-refractivity contribution in [2.24, 2.45) is 17.6 Å². The summed E-state index contributed by atoms with van der Waals surface area (Å²) in [6.07, 6.45) is 4.47. The van der Waals surface area contributed by atoms with Gasteiger partial charge < -0.3 is 16.0 Å². The van der Waals surface area contributed by atoms with Gasteiger partial charge in [-0.15, -0.1) is 0 Å². The molecule has 0 aromatic heterocycles. The summed E-state index contributed by atoms with van der Waals surface area (Å²) in [5, 5.41) is 2.82. The molecule has 3 N–H and O–H groups in total. The molecule has 1 unspecified atom stereocenters. The lowest BCUT2D eigenvalue weighted by Crippen LogP contribution is -2.46. The van der Waals surface area contributed by atoms with E-state index in [1.54, 1.807) is 0 Å². The minimum atomic E-state index is -0.0686. The summed E-state index contributed by atoms with van der Waals surface area (Å²) in [5.41, 5.74) is 5.39. The molecule has 0 aromatic rings. The molecule has 0 aromatic carbocycles. The fraction of sp³-hybridized carbons (Fsp3) is 0.867. The van der Waals surface area contributed by atoms with Gasteiger partial charge in [0.25, 0.3) is 0 Å². The molecule has 5 nitrogen and oxygen atoms in total. The second kappa shape index (κ2) is 8.95. The van der Waals surface area contributed by atoms with Crippen molar-refractivity contribution >= 4 is 11.8 Å². The molecule has 1 rings (SSSR count). The Labute approximate surface area is 122 Å². The molecule has 0 radical (unpaired) electrons. The van der Waals surface area contributed by atoms with Crippen LogP contribution >= 0.6 is 0 Å². The van der Waals surface area contributed by atoms with Crippen molar-refractivity contribution in [1.82, 2.24) is 10.2 Å². The number of hydrogen-bond donors (Lipinski definition) is 2. The molecule has 1 atom stereocenters. The Morgan fingerprint density at radius 1 is 1.35 bits per heavy atom. The molecule has 2 amide bonds. The van der Waals surface area contributed by atoms with Crippen molar-refractivity contribution in [2.75, 3.05) is 26.2 Å². The van der Waals surface area contributed by atoms with Gasteiger partial charge in [-0.05, 0) is 18.8 Å². The van der Waals surface area contributed by atoms with Crippen LogP contribution in [-0.4, -0.2) is 42.9 Å². The van der Waals surface area contributed by atoms with Crippen LogP contribution in [0.15, 0.2) is 0 Å². The lowest BCUT2D eigenvalue weighted by atomic mass is 9.94. The van der Waals surface area contributed by atoms with Crippen LogP contribution in [0.1, 0.15) is 46.0 Å². The van der Waals surface area contributed by atoms with Gasteiger partial charge >= 0.3 is 0 Å². The van der Waals surface area contributed by atoms with E-state index >= 15 is 0 Å². The normalized spacial score (nSPS) is 19.2. The molecule has 5 heteroatoms. The van der Waals surface area contributed by atoms with Crippen LogP contribution in [0, 0.1) is 11.8 Å². The van der Waals surface area contributed by atoms with Gasteiger partial charge in [0, 0.05) is 32.6 Å². The second-order valence-electron chi connectivity index (χ2n) is 5.65. The predicted octanol–water partition coefficient (Wildman–Crippen LogP) is 1.13. The number of hydrogen-bond acceptors (Lipinski definition) is 3. The third-order valence-electron chi connectivity index (χ3n) is 4.21. The van der Waals surface area contributed by atoms with E-state index in [9.17, 15) is 9.59 Å². The summed E-state index contributed by atoms with van der Waals surface area (Å²) in [4.78, 5) is 26.1. The van der Waals surface area contributed by atoms with Gasteiger partial charge in [-0.25, -0.2) is 0 Å². The second-order valence-corrected chi connectivity index (χ2v) is 5.65. The minimum Gasteiger partial charge on any atom is -0.355 e. The number of amides is 2. The summed E-state index contributed by atoms with van der Waals surface area (Å²) in [6, 6.07) is 0. The third kappa shape index (κ3) is 5.12. The highest BCUT2D eigenvalue weighted by Gasteiger charge is 2.28. The van der Waals surface area contributed by atoms with Gasteiger partial charge in [-0.2, -0.15) is 0 Å². The third-order valence-corrected chi connectivity index (χ3v) is 4.21. The van der Waals surface area contributed by atoms with E-state index in [1.165, 1.54) is 0 Å². The molecule has 0 saturated carbocycles. The van der Waals surface area contributed by atoms with Crippen molar-refractivity contribution in [3.05, 3.63) is 0 Å². The van der Waals surface area contributed by atoms with Crippen molar-refractivity contribution < 1.29 is 9.59 Å². The minimum absolute atomic E-state index is 0.0375. The van der Waals surface area contributed by atoms with E-state index in [4.69, 9.17) is 5.73 Å². The summed E-state index contributed by atoms with van der Waals surface area (Å²) < 4.78 is 0. The Bertz CT molecular complexity index is 316. The smallest absolute Gasteiger partial charge is 0.224 e. The van der Waals surface area contributed by atoms with Gasteiger partial charge in [0.05, 0.1) is 5.92 Å². The number of rotatable bonds is 7. The standard InChI is InChI=1S/C15H29N3O2/c1-3-12(4-2)10-14(19)18-9-5-6-13(11-18)15(20)17-8-7-16/h12-13H,3-11,16H2,1-2H3,(H,17,20). The largest absolute Gasteiger partial charge is 0.355 e. The molecule has 20 heavy (non-hydrogen) atoms. The van der Waals surface area contributed by atoms with Gasteiger partial charge in [0.1, 0.15) is 0 Å². The molecule has 0 aliphatic carbocycles. The number of carbonyl (C=O) groups excluding carboxylic acids is 2. The first-order valence-electron chi connectivity index (χ1n) is 7.87.